The van der Waals surface area contributed by atoms with Crippen LogP contribution < -0.4 is 0 Å². The van der Waals surface area contributed by atoms with Gasteiger partial charge in [0.2, 0.25) is 0 Å². The Labute approximate surface area is 277 Å². The standard InChI is InChI=1S/C44H28N4/c1-4-11-30(12-5-1)44-46-38-27-31(21-25-39(38)48(44)34-16-8-3-9-17-34)37-24-20-32(28-45-37)35-23-26-41-43-36(35)22-19-29-13-10-18-40(42(29)43)47(41)33-14-6-2-7-15-33/h1-28H. The summed E-state index contributed by atoms with van der Waals surface area (Å²) in [5.41, 5.74) is 12.0. The van der Waals surface area contributed by atoms with Crippen LogP contribution in [-0.4, -0.2) is 19.1 Å². The molecule has 0 atom stereocenters. The van der Waals surface area contributed by atoms with Gasteiger partial charge in [-0.1, -0.05) is 109 Å². The first-order valence-electron chi connectivity index (χ1n) is 16.3. The Bertz CT molecular complexity index is 2740. The van der Waals surface area contributed by atoms with Crippen molar-refractivity contribution in [2.45, 2.75) is 0 Å². The molecule has 0 aliphatic heterocycles. The lowest BCUT2D eigenvalue weighted by Gasteiger charge is -2.11. The molecule has 3 heterocycles. The number of aromatic nitrogens is 4. The minimum atomic E-state index is 0.921. The molecule has 3 aromatic heterocycles. The van der Waals surface area contributed by atoms with E-state index in [2.05, 4.69) is 161 Å². The third-order valence-electron chi connectivity index (χ3n) is 9.55. The molecule has 0 radical (unpaired) electrons. The van der Waals surface area contributed by atoms with Crippen LogP contribution in [0, 0.1) is 0 Å². The van der Waals surface area contributed by atoms with Crippen molar-refractivity contribution in [3.8, 4) is 45.1 Å². The number of pyridine rings is 1. The van der Waals surface area contributed by atoms with E-state index in [0.29, 0.717) is 0 Å². The molecule has 0 aliphatic carbocycles. The molecule has 4 nitrogen and oxygen atoms in total. The van der Waals surface area contributed by atoms with Crippen molar-refractivity contribution < 1.29 is 0 Å². The van der Waals surface area contributed by atoms with Crippen LogP contribution in [0.25, 0.3) is 88.8 Å². The van der Waals surface area contributed by atoms with E-state index >= 15 is 0 Å². The Morgan fingerprint density at radius 1 is 0.438 bits per heavy atom. The zero-order chi connectivity index (χ0) is 31.6. The fourth-order valence-corrected chi connectivity index (χ4v) is 7.38. The normalized spacial score (nSPS) is 11.8. The average Bonchev–Trinajstić information content (AvgIpc) is 3.72. The molecule has 0 aliphatic rings. The van der Waals surface area contributed by atoms with Crippen LogP contribution in [0.4, 0.5) is 0 Å². The molecule has 0 amide bonds. The predicted molar refractivity (Wildman–Crippen MR) is 198 cm³/mol. The zero-order valence-corrected chi connectivity index (χ0v) is 26.0. The van der Waals surface area contributed by atoms with Gasteiger partial charge in [-0.2, -0.15) is 0 Å². The lowest BCUT2D eigenvalue weighted by Crippen LogP contribution is -1.97. The number of benzene rings is 7. The number of nitrogens with zero attached hydrogens (tertiary/aromatic N) is 4. The van der Waals surface area contributed by atoms with Gasteiger partial charge in [-0.3, -0.25) is 9.55 Å². The molecule has 4 heteroatoms. The predicted octanol–water partition coefficient (Wildman–Crippen LogP) is 11.1. The molecule has 7 aromatic carbocycles. The van der Waals surface area contributed by atoms with Gasteiger partial charge in [0.1, 0.15) is 5.82 Å². The number of imidazole rings is 1. The summed E-state index contributed by atoms with van der Waals surface area (Å²) in [7, 11) is 0. The van der Waals surface area contributed by atoms with Crippen LogP contribution >= 0.6 is 0 Å². The van der Waals surface area contributed by atoms with Gasteiger partial charge in [0.05, 0.1) is 27.8 Å². The van der Waals surface area contributed by atoms with E-state index in [-0.39, 0.29) is 0 Å². The summed E-state index contributed by atoms with van der Waals surface area (Å²) in [6, 6.07) is 57.9. The first kappa shape index (κ1) is 26.7. The maximum Gasteiger partial charge on any atom is 0.145 e. The van der Waals surface area contributed by atoms with Crippen molar-refractivity contribution in [2.24, 2.45) is 0 Å². The van der Waals surface area contributed by atoms with Gasteiger partial charge in [0, 0.05) is 45.0 Å². The van der Waals surface area contributed by atoms with Crippen LogP contribution in [0.3, 0.4) is 0 Å². The summed E-state index contributed by atoms with van der Waals surface area (Å²) in [6.45, 7) is 0. The highest BCUT2D eigenvalue weighted by Gasteiger charge is 2.19. The van der Waals surface area contributed by atoms with Gasteiger partial charge in [0.25, 0.3) is 0 Å². The van der Waals surface area contributed by atoms with Crippen molar-refractivity contribution in [1.29, 1.82) is 0 Å². The molecular weight excluding hydrogens is 585 g/mol. The zero-order valence-electron chi connectivity index (χ0n) is 26.0. The number of para-hydroxylation sites is 2. The third-order valence-corrected chi connectivity index (χ3v) is 9.55. The minimum Gasteiger partial charge on any atom is -0.309 e. The summed E-state index contributed by atoms with van der Waals surface area (Å²) < 4.78 is 4.62. The van der Waals surface area contributed by atoms with Gasteiger partial charge in [-0.25, -0.2) is 4.98 Å². The Morgan fingerprint density at radius 3 is 1.88 bits per heavy atom. The second-order valence-electron chi connectivity index (χ2n) is 12.3. The van der Waals surface area contributed by atoms with E-state index < -0.39 is 0 Å². The Hall–Kier alpha value is -6.52. The topological polar surface area (TPSA) is 35.6 Å². The first-order chi connectivity index (χ1) is 23.8. The SMILES string of the molecule is c1ccc(-c2nc3cc(-c4ccc(-c5ccc6c7c5ccc5cccc(c57)n6-c5ccccc5)cn4)ccc3n2-c2ccccc2)cc1. The number of hydrogen-bond donors (Lipinski definition) is 0. The van der Waals surface area contributed by atoms with Crippen LogP contribution in [0.2, 0.25) is 0 Å². The fraction of sp³-hybridized carbons (Fsp3) is 0. The molecule has 48 heavy (non-hydrogen) atoms. The van der Waals surface area contributed by atoms with Crippen LogP contribution in [0.1, 0.15) is 0 Å². The van der Waals surface area contributed by atoms with E-state index in [9.17, 15) is 0 Å². The maximum atomic E-state index is 5.14. The summed E-state index contributed by atoms with van der Waals surface area (Å²) in [5.74, 6) is 0.923. The molecule has 0 fully saturated rings. The Kier molecular flexibility index (Phi) is 5.84. The number of fused-ring (bicyclic) bond motifs is 1. The summed E-state index contributed by atoms with van der Waals surface area (Å²) in [5, 5.41) is 5.09. The third kappa shape index (κ3) is 4.03. The molecule has 0 saturated carbocycles. The lowest BCUT2D eigenvalue weighted by atomic mass is 9.95. The largest absolute Gasteiger partial charge is 0.309 e. The quantitative estimate of drug-likeness (QED) is 0.181. The molecule has 0 unspecified atom stereocenters. The van der Waals surface area contributed by atoms with E-state index in [4.69, 9.17) is 9.97 Å². The summed E-state index contributed by atoms with van der Waals surface area (Å²) >= 11 is 0. The van der Waals surface area contributed by atoms with Gasteiger partial charge >= 0.3 is 0 Å². The highest BCUT2D eigenvalue weighted by Crippen LogP contribution is 2.42. The summed E-state index contributed by atoms with van der Waals surface area (Å²) in [4.78, 5) is 10.1. The fourth-order valence-electron chi connectivity index (χ4n) is 7.38. The van der Waals surface area contributed by atoms with Crippen molar-refractivity contribution in [3.05, 3.63) is 170 Å². The van der Waals surface area contributed by atoms with Gasteiger partial charge < -0.3 is 4.57 Å². The van der Waals surface area contributed by atoms with Crippen molar-refractivity contribution in [2.75, 3.05) is 0 Å². The van der Waals surface area contributed by atoms with Gasteiger partial charge in [0.15, 0.2) is 0 Å². The minimum absolute atomic E-state index is 0.921. The molecule has 10 aromatic rings. The molecular formula is C44H28N4. The maximum absolute atomic E-state index is 5.14. The van der Waals surface area contributed by atoms with Gasteiger partial charge in [-0.15, -0.1) is 0 Å². The number of hydrogen-bond acceptors (Lipinski definition) is 2. The first-order valence-corrected chi connectivity index (χ1v) is 16.3. The van der Waals surface area contributed by atoms with Crippen molar-refractivity contribution in [1.82, 2.24) is 19.1 Å². The highest BCUT2D eigenvalue weighted by atomic mass is 15.1. The molecule has 0 saturated heterocycles. The van der Waals surface area contributed by atoms with Gasteiger partial charge in [-0.05, 0) is 70.9 Å². The van der Waals surface area contributed by atoms with E-state index in [1.54, 1.807) is 0 Å². The second-order valence-corrected chi connectivity index (χ2v) is 12.3. The van der Waals surface area contributed by atoms with E-state index in [1.165, 1.54) is 43.8 Å². The molecule has 0 bridgehead atoms. The number of rotatable bonds is 5. The molecule has 0 spiro atoms. The Balaban J connectivity index is 1.08. The smallest absolute Gasteiger partial charge is 0.145 e. The Morgan fingerprint density at radius 2 is 1.12 bits per heavy atom. The van der Waals surface area contributed by atoms with Crippen LogP contribution in [-0.2, 0) is 0 Å². The monoisotopic (exact) mass is 612 g/mol. The second kappa shape index (κ2) is 10.5. The van der Waals surface area contributed by atoms with Crippen LogP contribution in [0.15, 0.2) is 170 Å². The van der Waals surface area contributed by atoms with Crippen LogP contribution in [0.5, 0.6) is 0 Å². The highest BCUT2D eigenvalue weighted by molar-refractivity contribution is 6.26. The van der Waals surface area contributed by atoms with Crippen molar-refractivity contribution >= 4 is 43.6 Å². The molecule has 224 valence electrons. The van der Waals surface area contributed by atoms with E-state index in [1.807, 2.05) is 18.3 Å². The van der Waals surface area contributed by atoms with E-state index in [0.717, 1.165) is 44.9 Å². The average molecular weight is 613 g/mol. The molecule has 10 rings (SSSR count). The lowest BCUT2D eigenvalue weighted by molar-refractivity contribution is 1.10. The molecule has 0 N–H and O–H groups in total. The summed E-state index contributed by atoms with van der Waals surface area (Å²) in [6.07, 6.45) is 2.01. The van der Waals surface area contributed by atoms with Crippen molar-refractivity contribution in [3.63, 3.8) is 0 Å².